The molecule has 1 N–H and O–H groups in total. The number of hydrogen-bond acceptors (Lipinski definition) is 3. The standard InChI is InChI=1S/C18H23N3O/c1-20-17-5-3-2-4-13(17)10-14(18(20)22)11-21-9-8-15-6-7-16(12-21)19-15/h2-5,10,15-16,19H,6-9,11-12H2,1H3/t15-,16+/m1/s1. The Morgan fingerprint density at radius 3 is 2.91 bits per heavy atom. The molecule has 0 unspecified atom stereocenters. The van der Waals surface area contributed by atoms with E-state index in [2.05, 4.69) is 22.3 Å². The Balaban J connectivity index is 1.64. The Bertz CT molecular complexity index is 752. The number of aryl methyl sites for hydroxylation is 1. The van der Waals surface area contributed by atoms with Crippen molar-refractivity contribution in [3.63, 3.8) is 0 Å². The topological polar surface area (TPSA) is 37.3 Å². The van der Waals surface area contributed by atoms with E-state index in [1.807, 2.05) is 25.2 Å². The van der Waals surface area contributed by atoms with Gasteiger partial charge in [0.25, 0.3) is 5.56 Å². The summed E-state index contributed by atoms with van der Waals surface area (Å²) in [7, 11) is 1.88. The third-order valence-electron chi connectivity index (χ3n) is 5.21. The van der Waals surface area contributed by atoms with Crippen molar-refractivity contribution in [1.29, 1.82) is 0 Å². The first-order chi connectivity index (χ1) is 10.7. The maximum atomic E-state index is 12.6. The fourth-order valence-electron chi connectivity index (χ4n) is 4.00. The largest absolute Gasteiger partial charge is 0.311 e. The lowest BCUT2D eigenvalue weighted by molar-refractivity contribution is 0.250. The van der Waals surface area contributed by atoms with E-state index < -0.39 is 0 Å². The molecule has 2 aliphatic heterocycles. The van der Waals surface area contributed by atoms with E-state index in [0.717, 1.165) is 36.1 Å². The van der Waals surface area contributed by atoms with Gasteiger partial charge in [0, 0.05) is 44.3 Å². The van der Waals surface area contributed by atoms with Crippen LogP contribution in [0.4, 0.5) is 0 Å². The molecule has 2 saturated heterocycles. The Kier molecular flexibility index (Phi) is 3.51. The van der Waals surface area contributed by atoms with Gasteiger partial charge in [0.2, 0.25) is 0 Å². The van der Waals surface area contributed by atoms with E-state index in [-0.39, 0.29) is 5.56 Å². The highest BCUT2D eigenvalue weighted by Gasteiger charge is 2.29. The van der Waals surface area contributed by atoms with Gasteiger partial charge >= 0.3 is 0 Å². The zero-order valence-electron chi connectivity index (χ0n) is 13.1. The molecule has 1 aromatic carbocycles. The minimum Gasteiger partial charge on any atom is -0.311 e. The normalized spacial score (nSPS) is 25.5. The number of pyridine rings is 1. The van der Waals surface area contributed by atoms with Crippen molar-refractivity contribution in [1.82, 2.24) is 14.8 Å². The maximum absolute atomic E-state index is 12.6. The molecule has 1 aromatic heterocycles. The van der Waals surface area contributed by atoms with Gasteiger partial charge in [0.15, 0.2) is 0 Å². The molecule has 116 valence electrons. The zero-order chi connectivity index (χ0) is 15.1. The molecule has 2 aromatic rings. The summed E-state index contributed by atoms with van der Waals surface area (Å²) in [6.45, 7) is 2.92. The molecule has 2 fully saturated rings. The van der Waals surface area contributed by atoms with Crippen LogP contribution < -0.4 is 10.9 Å². The molecule has 3 heterocycles. The highest BCUT2D eigenvalue weighted by Crippen LogP contribution is 2.21. The Morgan fingerprint density at radius 2 is 2.00 bits per heavy atom. The second-order valence-corrected chi connectivity index (χ2v) is 6.75. The second-order valence-electron chi connectivity index (χ2n) is 6.75. The zero-order valence-corrected chi connectivity index (χ0v) is 13.1. The van der Waals surface area contributed by atoms with Gasteiger partial charge in [0.1, 0.15) is 0 Å². The highest BCUT2D eigenvalue weighted by molar-refractivity contribution is 5.79. The van der Waals surface area contributed by atoms with Crippen molar-refractivity contribution >= 4 is 10.9 Å². The SMILES string of the molecule is Cn1c(=O)c(CN2CC[C@H]3CC[C@@H](C2)N3)cc2ccccc21. The predicted molar refractivity (Wildman–Crippen MR) is 89.0 cm³/mol. The minimum atomic E-state index is 0.140. The van der Waals surface area contributed by atoms with Gasteiger partial charge in [-0.05, 0) is 36.8 Å². The summed E-state index contributed by atoms with van der Waals surface area (Å²) in [6, 6.07) is 11.5. The summed E-state index contributed by atoms with van der Waals surface area (Å²) in [5, 5.41) is 4.85. The third kappa shape index (κ3) is 2.46. The monoisotopic (exact) mass is 297 g/mol. The van der Waals surface area contributed by atoms with Crippen molar-refractivity contribution in [3.05, 3.63) is 46.2 Å². The Hall–Kier alpha value is -1.65. The van der Waals surface area contributed by atoms with Crippen molar-refractivity contribution in [2.45, 2.75) is 37.9 Å². The van der Waals surface area contributed by atoms with E-state index in [1.54, 1.807) is 4.57 Å². The van der Waals surface area contributed by atoms with Crippen LogP contribution >= 0.6 is 0 Å². The lowest BCUT2D eigenvalue weighted by atomic mass is 10.1. The van der Waals surface area contributed by atoms with Crippen LogP contribution in [-0.2, 0) is 13.6 Å². The van der Waals surface area contributed by atoms with E-state index in [4.69, 9.17) is 0 Å². The van der Waals surface area contributed by atoms with Crippen LogP contribution in [0.25, 0.3) is 10.9 Å². The van der Waals surface area contributed by atoms with Crippen LogP contribution in [0, 0.1) is 0 Å². The number of benzene rings is 1. The quantitative estimate of drug-likeness (QED) is 0.919. The van der Waals surface area contributed by atoms with Crippen molar-refractivity contribution in [2.75, 3.05) is 13.1 Å². The molecule has 2 aliphatic rings. The van der Waals surface area contributed by atoms with E-state index >= 15 is 0 Å². The van der Waals surface area contributed by atoms with E-state index in [9.17, 15) is 4.79 Å². The number of aromatic nitrogens is 1. The molecule has 0 amide bonds. The second kappa shape index (κ2) is 5.52. The fourth-order valence-corrected chi connectivity index (χ4v) is 4.00. The van der Waals surface area contributed by atoms with Crippen LogP contribution in [-0.4, -0.2) is 34.6 Å². The third-order valence-corrected chi connectivity index (χ3v) is 5.21. The fraction of sp³-hybridized carbons (Fsp3) is 0.500. The van der Waals surface area contributed by atoms with Gasteiger partial charge in [-0.15, -0.1) is 0 Å². The molecule has 0 radical (unpaired) electrons. The number of hydrogen-bond donors (Lipinski definition) is 1. The molecular weight excluding hydrogens is 274 g/mol. The number of para-hydroxylation sites is 1. The van der Waals surface area contributed by atoms with Gasteiger partial charge < -0.3 is 9.88 Å². The molecule has 2 bridgehead atoms. The van der Waals surface area contributed by atoms with E-state index in [1.165, 1.54) is 19.3 Å². The molecule has 4 nitrogen and oxygen atoms in total. The number of nitrogens with zero attached hydrogens (tertiary/aromatic N) is 2. The van der Waals surface area contributed by atoms with Gasteiger partial charge in [-0.1, -0.05) is 18.2 Å². The average molecular weight is 297 g/mol. The number of nitrogens with one attached hydrogen (secondary N) is 1. The summed E-state index contributed by atoms with van der Waals surface area (Å²) in [5.41, 5.74) is 2.06. The summed E-state index contributed by atoms with van der Waals surface area (Å²) in [5.74, 6) is 0. The molecule has 0 saturated carbocycles. The first-order valence-corrected chi connectivity index (χ1v) is 8.27. The summed E-state index contributed by atoms with van der Waals surface area (Å²) in [6.07, 6.45) is 3.79. The molecular formula is C18H23N3O. The van der Waals surface area contributed by atoms with Crippen molar-refractivity contribution in [2.24, 2.45) is 7.05 Å². The van der Waals surface area contributed by atoms with Gasteiger partial charge in [0.05, 0.1) is 5.52 Å². The number of rotatable bonds is 2. The van der Waals surface area contributed by atoms with Crippen LogP contribution in [0.2, 0.25) is 0 Å². The summed E-state index contributed by atoms with van der Waals surface area (Å²) < 4.78 is 1.78. The van der Waals surface area contributed by atoms with Crippen molar-refractivity contribution < 1.29 is 0 Å². The average Bonchev–Trinajstić information content (AvgIpc) is 2.87. The van der Waals surface area contributed by atoms with E-state index in [0.29, 0.717) is 12.1 Å². The van der Waals surface area contributed by atoms with Crippen molar-refractivity contribution in [3.8, 4) is 0 Å². The molecule has 2 atom stereocenters. The van der Waals surface area contributed by atoms with Crippen LogP contribution in [0.3, 0.4) is 0 Å². The van der Waals surface area contributed by atoms with Gasteiger partial charge in [-0.3, -0.25) is 9.69 Å². The number of fused-ring (bicyclic) bond motifs is 3. The first kappa shape index (κ1) is 14.0. The summed E-state index contributed by atoms with van der Waals surface area (Å²) >= 11 is 0. The smallest absolute Gasteiger partial charge is 0.255 e. The lowest BCUT2D eigenvalue weighted by Gasteiger charge is -2.24. The molecule has 4 rings (SSSR count). The van der Waals surface area contributed by atoms with Crippen LogP contribution in [0.1, 0.15) is 24.8 Å². The molecule has 0 aliphatic carbocycles. The Labute approximate surface area is 130 Å². The minimum absolute atomic E-state index is 0.140. The highest BCUT2D eigenvalue weighted by atomic mass is 16.1. The van der Waals surface area contributed by atoms with Gasteiger partial charge in [-0.25, -0.2) is 0 Å². The van der Waals surface area contributed by atoms with Crippen LogP contribution in [0.15, 0.2) is 35.1 Å². The lowest BCUT2D eigenvalue weighted by Crippen LogP contribution is -2.36. The molecule has 0 spiro atoms. The Morgan fingerprint density at radius 1 is 1.18 bits per heavy atom. The predicted octanol–water partition coefficient (Wildman–Crippen LogP) is 1.86. The maximum Gasteiger partial charge on any atom is 0.255 e. The molecule has 4 heteroatoms. The molecule has 22 heavy (non-hydrogen) atoms. The van der Waals surface area contributed by atoms with Gasteiger partial charge in [-0.2, -0.15) is 0 Å². The summed E-state index contributed by atoms with van der Waals surface area (Å²) in [4.78, 5) is 15.1. The number of likely N-dealkylation sites (tertiary alicyclic amines) is 1. The first-order valence-electron chi connectivity index (χ1n) is 8.27. The van der Waals surface area contributed by atoms with Crippen LogP contribution in [0.5, 0.6) is 0 Å².